The lowest BCUT2D eigenvalue weighted by Gasteiger charge is -2.11. The second-order valence-corrected chi connectivity index (χ2v) is 8.64. The van der Waals surface area contributed by atoms with Crippen molar-refractivity contribution >= 4 is 22.8 Å². The lowest BCUT2D eigenvalue weighted by molar-refractivity contribution is -0.120. The third-order valence-corrected chi connectivity index (χ3v) is 5.99. The number of halogens is 1. The number of hydrogen-bond acceptors (Lipinski definition) is 4. The van der Waals surface area contributed by atoms with Crippen molar-refractivity contribution in [3.63, 3.8) is 0 Å². The summed E-state index contributed by atoms with van der Waals surface area (Å²) in [6.07, 6.45) is 4.45. The molecule has 160 valence electrons. The highest BCUT2D eigenvalue weighted by Crippen LogP contribution is 2.31. The molecule has 5 rings (SSSR count). The Labute approximate surface area is 179 Å². The fourth-order valence-electron chi connectivity index (χ4n) is 3.69. The van der Waals surface area contributed by atoms with Crippen LogP contribution in [0.15, 0.2) is 34.9 Å². The molecule has 31 heavy (non-hydrogen) atoms. The molecule has 2 aromatic carbocycles. The number of carbonyl (C=O) groups excluding carboxylic acids is 2. The predicted molar refractivity (Wildman–Crippen MR) is 114 cm³/mol. The average molecular weight is 421 g/mol. The standard InChI is InChI=1S/C24H24FN3O3/c1-13-19(8-16(9-20(13)25)24(30)27-17-5-6-17)15-4-7-18-21(28-31-22(18)10-15)11-23(29)26-12-14-2-3-14/h4,7-10,14,17H,2-3,5-6,11-12H2,1H3,(H,26,29)(H,27,30). The first-order chi connectivity index (χ1) is 15.0. The van der Waals surface area contributed by atoms with Crippen molar-refractivity contribution in [1.29, 1.82) is 0 Å². The quantitative estimate of drug-likeness (QED) is 0.606. The maximum Gasteiger partial charge on any atom is 0.251 e. The zero-order chi connectivity index (χ0) is 21.5. The van der Waals surface area contributed by atoms with Gasteiger partial charge in [-0.15, -0.1) is 0 Å². The molecular formula is C24H24FN3O3. The molecule has 6 nitrogen and oxygen atoms in total. The number of amides is 2. The van der Waals surface area contributed by atoms with E-state index in [0.29, 0.717) is 40.4 Å². The number of nitrogens with one attached hydrogen (secondary N) is 2. The summed E-state index contributed by atoms with van der Waals surface area (Å²) >= 11 is 0. The van der Waals surface area contributed by atoms with Gasteiger partial charge in [0.1, 0.15) is 11.5 Å². The summed E-state index contributed by atoms with van der Waals surface area (Å²) in [6.45, 7) is 2.40. The van der Waals surface area contributed by atoms with E-state index in [2.05, 4.69) is 15.8 Å². The van der Waals surface area contributed by atoms with Crippen LogP contribution in [0.5, 0.6) is 0 Å². The van der Waals surface area contributed by atoms with Crippen molar-refractivity contribution in [2.24, 2.45) is 5.92 Å². The van der Waals surface area contributed by atoms with Gasteiger partial charge < -0.3 is 15.2 Å². The van der Waals surface area contributed by atoms with Crippen LogP contribution in [0.1, 0.15) is 47.3 Å². The lowest BCUT2D eigenvalue weighted by atomic mass is 9.96. The molecule has 0 aliphatic heterocycles. The molecule has 2 saturated carbocycles. The smallest absolute Gasteiger partial charge is 0.251 e. The van der Waals surface area contributed by atoms with Gasteiger partial charge in [0.25, 0.3) is 5.91 Å². The molecule has 0 saturated heterocycles. The van der Waals surface area contributed by atoms with Crippen molar-refractivity contribution in [3.05, 3.63) is 53.0 Å². The average Bonchev–Trinajstić information content (AvgIpc) is 3.68. The molecule has 1 aromatic heterocycles. The fraction of sp³-hybridized carbons (Fsp3) is 0.375. The van der Waals surface area contributed by atoms with E-state index in [1.165, 1.54) is 18.9 Å². The molecule has 2 N–H and O–H groups in total. The van der Waals surface area contributed by atoms with E-state index in [4.69, 9.17) is 4.52 Å². The van der Waals surface area contributed by atoms with Gasteiger partial charge in [-0.3, -0.25) is 9.59 Å². The van der Waals surface area contributed by atoms with Crippen molar-refractivity contribution < 1.29 is 18.5 Å². The molecule has 7 heteroatoms. The van der Waals surface area contributed by atoms with Gasteiger partial charge >= 0.3 is 0 Å². The summed E-state index contributed by atoms with van der Waals surface area (Å²) in [4.78, 5) is 24.6. The molecule has 2 aliphatic rings. The molecule has 0 atom stereocenters. The Kier molecular flexibility index (Phi) is 4.96. The Morgan fingerprint density at radius 1 is 1.16 bits per heavy atom. The molecule has 2 amide bonds. The normalized spacial score (nSPS) is 15.8. The van der Waals surface area contributed by atoms with Crippen molar-refractivity contribution in [3.8, 4) is 11.1 Å². The molecule has 1 heterocycles. The van der Waals surface area contributed by atoms with Crippen LogP contribution in [0.25, 0.3) is 22.1 Å². The summed E-state index contributed by atoms with van der Waals surface area (Å²) in [6, 6.07) is 8.64. The van der Waals surface area contributed by atoms with Crippen molar-refractivity contribution in [1.82, 2.24) is 15.8 Å². The molecule has 2 aliphatic carbocycles. The number of nitrogens with zero attached hydrogens (tertiary/aromatic N) is 1. The largest absolute Gasteiger partial charge is 0.356 e. The third kappa shape index (κ3) is 4.31. The van der Waals surface area contributed by atoms with E-state index in [9.17, 15) is 14.0 Å². The van der Waals surface area contributed by atoms with E-state index in [1.807, 2.05) is 12.1 Å². The van der Waals surface area contributed by atoms with Gasteiger partial charge in [0.05, 0.1) is 6.42 Å². The van der Waals surface area contributed by atoms with Crippen LogP contribution < -0.4 is 10.6 Å². The SMILES string of the molecule is Cc1c(F)cc(C(=O)NC2CC2)cc1-c1ccc2c(CC(=O)NCC3CC3)noc2c1. The number of benzene rings is 2. The zero-order valence-electron chi connectivity index (χ0n) is 17.3. The minimum atomic E-state index is -0.427. The maximum atomic E-state index is 14.6. The van der Waals surface area contributed by atoms with Gasteiger partial charge in [0, 0.05) is 23.5 Å². The van der Waals surface area contributed by atoms with Crippen LogP contribution in [0.3, 0.4) is 0 Å². The van der Waals surface area contributed by atoms with Gasteiger partial charge in [0.2, 0.25) is 5.91 Å². The van der Waals surface area contributed by atoms with E-state index < -0.39 is 5.82 Å². The Bertz CT molecular complexity index is 1180. The molecular weight excluding hydrogens is 397 g/mol. The highest BCUT2D eigenvalue weighted by atomic mass is 19.1. The van der Waals surface area contributed by atoms with Crippen LogP contribution in [-0.4, -0.2) is 29.6 Å². The highest BCUT2D eigenvalue weighted by molar-refractivity contribution is 5.97. The first-order valence-electron chi connectivity index (χ1n) is 10.7. The number of hydrogen-bond donors (Lipinski definition) is 2. The van der Waals surface area contributed by atoms with Gasteiger partial charge in [0.15, 0.2) is 5.58 Å². The van der Waals surface area contributed by atoms with Crippen molar-refractivity contribution in [2.45, 2.75) is 45.1 Å². The van der Waals surface area contributed by atoms with Gasteiger partial charge in [-0.2, -0.15) is 0 Å². The fourth-order valence-corrected chi connectivity index (χ4v) is 3.69. The Balaban J connectivity index is 1.40. The van der Waals surface area contributed by atoms with Crippen LogP contribution >= 0.6 is 0 Å². The maximum absolute atomic E-state index is 14.6. The lowest BCUT2D eigenvalue weighted by Crippen LogP contribution is -2.27. The Hall–Kier alpha value is -3.22. The molecule has 0 unspecified atom stereocenters. The monoisotopic (exact) mass is 421 g/mol. The first-order valence-corrected chi connectivity index (χ1v) is 10.7. The molecule has 0 spiro atoms. The number of aromatic nitrogens is 1. The minimum absolute atomic E-state index is 0.0709. The molecule has 2 fully saturated rings. The van der Waals surface area contributed by atoms with Gasteiger partial charge in [-0.25, -0.2) is 4.39 Å². The number of rotatable bonds is 7. The first kappa shape index (κ1) is 19.7. The number of fused-ring (bicyclic) bond motifs is 1. The summed E-state index contributed by atoms with van der Waals surface area (Å²) in [5.74, 6) is -0.142. The van der Waals surface area contributed by atoms with Crippen molar-refractivity contribution in [2.75, 3.05) is 6.54 Å². The van der Waals surface area contributed by atoms with Crippen LogP contribution in [0.4, 0.5) is 4.39 Å². The predicted octanol–water partition coefficient (Wildman–Crippen LogP) is 3.90. The summed E-state index contributed by atoms with van der Waals surface area (Å²) in [7, 11) is 0. The zero-order valence-corrected chi connectivity index (χ0v) is 17.3. The van der Waals surface area contributed by atoms with E-state index in [-0.39, 0.29) is 24.3 Å². The van der Waals surface area contributed by atoms with Crippen LogP contribution in [-0.2, 0) is 11.2 Å². The summed E-state index contributed by atoms with van der Waals surface area (Å²) < 4.78 is 20.0. The second-order valence-electron chi connectivity index (χ2n) is 8.64. The summed E-state index contributed by atoms with van der Waals surface area (Å²) in [5, 5.41) is 10.6. The summed E-state index contributed by atoms with van der Waals surface area (Å²) in [5.41, 5.74) is 3.22. The van der Waals surface area contributed by atoms with Gasteiger partial charge in [-0.05, 0) is 79.5 Å². The number of carbonyl (C=O) groups is 2. The van der Waals surface area contributed by atoms with E-state index >= 15 is 0 Å². The van der Waals surface area contributed by atoms with Crippen LogP contribution in [0, 0.1) is 18.7 Å². The van der Waals surface area contributed by atoms with E-state index in [0.717, 1.165) is 23.8 Å². The minimum Gasteiger partial charge on any atom is -0.356 e. The van der Waals surface area contributed by atoms with E-state index in [1.54, 1.807) is 19.1 Å². The molecule has 0 bridgehead atoms. The third-order valence-electron chi connectivity index (χ3n) is 5.99. The topological polar surface area (TPSA) is 84.2 Å². The van der Waals surface area contributed by atoms with Gasteiger partial charge in [-0.1, -0.05) is 11.2 Å². The Morgan fingerprint density at radius 2 is 1.97 bits per heavy atom. The highest BCUT2D eigenvalue weighted by Gasteiger charge is 2.25. The molecule has 0 radical (unpaired) electrons. The van der Waals surface area contributed by atoms with Crippen LogP contribution in [0.2, 0.25) is 0 Å². The Morgan fingerprint density at radius 3 is 2.71 bits per heavy atom. The second kappa shape index (κ2) is 7.80. The molecule has 3 aromatic rings.